The van der Waals surface area contributed by atoms with Crippen LogP contribution in [-0.4, -0.2) is 20.0 Å². The fourth-order valence-electron chi connectivity index (χ4n) is 1.65. The maximum Gasteiger partial charge on any atom is 0.299 e. The van der Waals surface area contributed by atoms with Crippen LogP contribution in [0.25, 0.3) is 0 Å². The minimum Gasteiger partial charge on any atom is -0.310 e. The molecule has 3 N–H and O–H groups in total. The van der Waals surface area contributed by atoms with E-state index in [1.54, 1.807) is 26.8 Å². The van der Waals surface area contributed by atoms with E-state index in [9.17, 15) is 8.42 Å². The summed E-state index contributed by atoms with van der Waals surface area (Å²) < 4.78 is 29.0. The Morgan fingerprint density at radius 3 is 2.40 bits per heavy atom. The maximum absolute atomic E-state index is 12.0. The predicted octanol–water partition coefficient (Wildman–Crippen LogP) is 2.23. The van der Waals surface area contributed by atoms with Crippen molar-refractivity contribution in [1.29, 1.82) is 0 Å². The normalized spacial score (nSPS) is 12.7. The predicted molar refractivity (Wildman–Crippen MR) is 83.8 cm³/mol. The fraction of sp³-hybridized carbons (Fsp3) is 0.571. The highest BCUT2D eigenvalue weighted by Crippen LogP contribution is 2.13. The molecule has 0 aromatic heterocycles. The lowest BCUT2D eigenvalue weighted by Crippen LogP contribution is -2.43. The fourth-order valence-corrected chi connectivity index (χ4v) is 2.94. The molecular formula is C14H25N3O2S. The van der Waals surface area contributed by atoms with E-state index in [1.165, 1.54) is 0 Å². The van der Waals surface area contributed by atoms with Crippen LogP contribution in [0.5, 0.6) is 0 Å². The molecule has 0 aliphatic rings. The van der Waals surface area contributed by atoms with Crippen LogP contribution in [0.2, 0.25) is 0 Å². The van der Waals surface area contributed by atoms with Crippen molar-refractivity contribution in [3.8, 4) is 0 Å². The van der Waals surface area contributed by atoms with Crippen molar-refractivity contribution in [3.63, 3.8) is 0 Å². The molecule has 0 saturated heterocycles. The molecule has 1 rings (SSSR count). The molecule has 0 aliphatic carbocycles. The summed E-state index contributed by atoms with van der Waals surface area (Å²) in [5, 5.41) is 3.30. The van der Waals surface area contributed by atoms with Gasteiger partial charge in [0.05, 0.1) is 5.69 Å². The third-order valence-corrected chi connectivity index (χ3v) is 3.72. The monoisotopic (exact) mass is 299 g/mol. The van der Waals surface area contributed by atoms with E-state index in [4.69, 9.17) is 0 Å². The van der Waals surface area contributed by atoms with Gasteiger partial charge in [-0.3, -0.25) is 4.72 Å². The highest BCUT2D eigenvalue weighted by Gasteiger charge is 2.19. The zero-order valence-corrected chi connectivity index (χ0v) is 13.6. The number of anilines is 1. The van der Waals surface area contributed by atoms with Gasteiger partial charge in [-0.2, -0.15) is 13.1 Å². The van der Waals surface area contributed by atoms with Gasteiger partial charge in [0, 0.05) is 18.1 Å². The lowest BCUT2D eigenvalue weighted by molar-refractivity contribution is 0.494. The second kappa shape index (κ2) is 6.56. The van der Waals surface area contributed by atoms with Crippen LogP contribution in [0.1, 0.15) is 40.2 Å². The van der Waals surface area contributed by atoms with Crippen molar-refractivity contribution < 1.29 is 8.42 Å². The molecule has 114 valence electrons. The Morgan fingerprint density at radius 1 is 1.20 bits per heavy atom. The maximum atomic E-state index is 12.0. The van der Waals surface area contributed by atoms with Gasteiger partial charge in [-0.05, 0) is 38.5 Å². The van der Waals surface area contributed by atoms with Gasteiger partial charge in [-0.15, -0.1) is 0 Å². The number of nitrogens with one attached hydrogen (secondary N) is 3. The van der Waals surface area contributed by atoms with E-state index in [2.05, 4.69) is 28.6 Å². The van der Waals surface area contributed by atoms with Crippen molar-refractivity contribution in [2.75, 3.05) is 4.72 Å². The Hall–Kier alpha value is -1.11. The highest BCUT2D eigenvalue weighted by molar-refractivity contribution is 7.90. The molecule has 1 aromatic rings. The third-order valence-electron chi connectivity index (χ3n) is 2.33. The van der Waals surface area contributed by atoms with Crippen molar-refractivity contribution in [1.82, 2.24) is 10.0 Å². The Kier molecular flexibility index (Phi) is 5.56. The molecule has 5 nitrogen and oxygen atoms in total. The molecule has 0 saturated carbocycles. The summed E-state index contributed by atoms with van der Waals surface area (Å²) in [6.45, 7) is 10.2. The van der Waals surface area contributed by atoms with Gasteiger partial charge in [-0.25, -0.2) is 0 Å². The molecule has 0 radical (unpaired) electrons. The zero-order valence-electron chi connectivity index (χ0n) is 12.8. The molecule has 0 unspecified atom stereocenters. The summed E-state index contributed by atoms with van der Waals surface area (Å²) in [6.07, 6.45) is 0. The van der Waals surface area contributed by atoms with Crippen LogP contribution in [0.15, 0.2) is 24.3 Å². The summed E-state index contributed by atoms with van der Waals surface area (Å²) in [5.74, 6) is 0. The summed E-state index contributed by atoms with van der Waals surface area (Å²) in [7, 11) is -3.56. The lowest BCUT2D eigenvalue weighted by Gasteiger charge is -2.21. The number of hydrogen-bond donors (Lipinski definition) is 3. The third kappa shape index (κ3) is 6.88. The first kappa shape index (κ1) is 16.9. The Bertz CT molecular complexity index is 534. The molecule has 0 atom stereocenters. The van der Waals surface area contributed by atoms with Crippen LogP contribution < -0.4 is 14.8 Å². The molecule has 0 spiro atoms. The van der Waals surface area contributed by atoms with E-state index in [-0.39, 0.29) is 0 Å². The van der Waals surface area contributed by atoms with Crippen molar-refractivity contribution in [2.24, 2.45) is 0 Å². The van der Waals surface area contributed by atoms with E-state index in [1.807, 2.05) is 18.2 Å². The van der Waals surface area contributed by atoms with E-state index in [0.29, 0.717) is 18.3 Å². The van der Waals surface area contributed by atoms with Gasteiger partial charge < -0.3 is 5.32 Å². The highest BCUT2D eigenvalue weighted by atomic mass is 32.2. The Labute approximate surface area is 122 Å². The van der Waals surface area contributed by atoms with Crippen LogP contribution in [0, 0.1) is 0 Å². The smallest absolute Gasteiger partial charge is 0.299 e. The first-order chi connectivity index (χ1) is 9.07. The standard InChI is InChI=1S/C14H25N3O2S/c1-11(2)15-10-12-7-6-8-13(9-12)16-20(18,19)17-14(3,4)5/h6-9,11,15-17H,10H2,1-5H3. The largest absolute Gasteiger partial charge is 0.310 e. The van der Waals surface area contributed by atoms with Crippen LogP contribution >= 0.6 is 0 Å². The minimum absolute atomic E-state index is 0.387. The molecule has 0 bridgehead atoms. The lowest BCUT2D eigenvalue weighted by atomic mass is 10.1. The van der Waals surface area contributed by atoms with Gasteiger partial charge in [0.15, 0.2) is 0 Å². The zero-order chi connectivity index (χ0) is 15.4. The van der Waals surface area contributed by atoms with E-state index < -0.39 is 15.7 Å². The molecule has 0 aliphatic heterocycles. The first-order valence-corrected chi connectivity index (χ1v) is 8.20. The Morgan fingerprint density at radius 2 is 1.85 bits per heavy atom. The van der Waals surface area contributed by atoms with E-state index in [0.717, 1.165) is 5.56 Å². The van der Waals surface area contributed by atoms with Crippen LogP contribution in [0.4, 0.5) is 5.69 Å². The van der Waals surface area contributed by atoms with Crippen molar-refractivity contribution in [2.45, 2.75) is 52.7 Å². The average molecular weight is 299 g/mol. The van der Waals surface area contributed by atoms with E-state index >= 15 is 0 Å². The first-order valence-electron chi connectivity index (χ1n) is 6.71. The minimum atomic E-state index is -3.56. The molecule has 0 amide bonds. The number of rotatable bonds is 6. The second-order valence-corrected chi connectivity index (χ2v) is 7.61. The quantitative estimate of drug-likeness (QED) is 0.754. The molecular weight excluding hydrogens is 274 g/mol. The second-order valence-electron chi connectivity index (χ2n) is 6.19. The van der Waals surface area contributed by atoms with Gasteiger partial charge >= 0.3 is 0 Å². The van der Waals surface area contributed by atoms with Gasteiger partial charge in [0.25, 0.3) is 10.2 Å². The van der Waals surface area contributed by atoms with Gasteiger partial charge in [0.2, 0.25) is 0 Å². The molecule has 6 heteroatoms. The van der Waals surface area contributed by atoms with Crippen molar-refractivity contribution >= 4 is 15.9 Å². The molecule has 0 heterocycles. The van der Waals surface area contributed by atoms with Gasteiger partial charge in [0.1, 0.15) is 0 Å². The van der Waals surface area contributed by atoms with Crippen LogP contribution in [-0.2, 0) is 16.8 Å². The van der Waals surface area contributed by atoms with Crippen LogP contribution in [0.3, 0.4) is 0 Å². The SMILES string of the molecule is CC(C)NCc1cccc(NS(=O)(=O)NC(C)(C)C)c1. The molecule has 1 aromatic carbocycles. The Balaban J connectivity index is 2.75. The average Bonchev–Trinajstić information content (AvgIpc) is 2.22. The summed E-state index contributed by atoms with van der Waals surface area (Å²) >= 11 is 0. The summed E-state index contributed by atoms with van der Waals surface area (Å²) in [5.41, 5.74) is 1.09. The van der Waals surface area contributed by atoms with Crippen molar-refractivity contribution in [3.05, 3.63) is 29.8 Å². The summed E-state index contributed by atoms with van der Waals surface area (Å²) in [6, 6.07) is 7.76. The molecule has 0 fully saturated rings. The number of benzene rings is 1. The van der Waals surface area contributed by atoms with Gasteiger partial charge in [-0.1, -0.05) is 26.0 Å². The number of hydrogen-bond acceptors (Lipinski definition) is 3. The topological polar surface area (TPSA) is 70.2 Å². The summed E-state index contributed by atoms with van der Waals surface area (Å²) in [4.78, 5) is 0. The molecule has 20 heavy (non-hydrogen) atoms.